The summed E-state index contributed by atoms with van der Waals surface area (Å²) in [7, 11) is 0. The predicted molar refractivity (Wildman–Crippen MR) is 111 cm³/mol. The molecule has 0 spiro atoms. The van der Waals surface area contributed by atoms with Gasteiger partial charge >= 0.3 is 0 Å². The van der Waals surface area contributed by atoms with E-state index in [-0.39, 0.29) is 23.7 Å². The molecule has 1 saturated carbocycles. The third kappa shape index (κ3) is 5.83. The molecule has 27 heavy (non-hydrogen) atoms. The monoisotopic (exact) mass is 490 g/mol. The standard InChI is InChI=1S/C19H16Br2N4O2/c20-14-5-1-3-12(7-14)10-22-24-18(26)16-9-17(16)19(27)25-23-11-13-4-2-6-15(21)8-13/h1-8,10-11,16-17H,9H2,(H,24,26)(H,25,27)/t16-,17-/m0/s1. The number of hydrazone groups is 2. The average molecular weight is 492 g/mol. The Balaban J connectivity index is 1.44. The minimum atomic E-state index is -0.370. The topological polar surface area (TPSA) is 82.9 Å². The Bertz CT molecular complexity index is 841. The van der Waals surface area contributed by atoms with Gasteiger partial charge in [0.2, 0.25) is 11.8 Å². The second kappa shape index (κ2) is 9.05. The van der Waals surface area contributed by atoms with Crippen molar-refractivity contribution in [1.82, 2.24) is 10.9 Å². The number of carbonyl (C=O) groups is 2. The van der Waals surface area contributed by atoms with E-state index in [2.05, 4.69) is 52.9 Å². The van der Waals surface area contributed by atoms with E-state index in [1.807, 2.05) is 48.5 Å². The first-order valence-corrected chi connectivity index (χ1v) is 9.78. The Morgan fingerprint density at radius 2 is 1.30 bits per heavy atom. The summed E-state index contributed by atoms with van der Waals surface area (Å²) in [5, 5.41) is 7.87. The van der Waals surface area contributed by atoms with E-state index in [1.165, 1.54) is 0 Å². The number of nitrogens with one attached hydrogen (secondary N) is 2. The number of rotatable bonds is 6. The van der Waals surface area contributed by atoms with Crippen LogP contribution in [-0.4, -0.2) is 24.2 Å². The zero-order chi connectivity index (χ0) is 19.2. The molecular weight excluding hydrogens is 476 g/mol. The fourth-order valence-electron chi connectivity index (χ4n) is 2.46. The van der Waals surface area contributed by atoms with Gasteiger partial charge in [-0.1, -0.05) is 56.1 Å². The predicted octanol–water partition coefficient (Wildman–Crippen LogP) is 3.45. The largest absolute Gasteiger partial charge is 0.273 e. The van der Waals surface area contributed by atoms with Gasteiger partial charge in [-0.15, -0.1) is 0 Å². The highest BCUT2D eigenvalue weighted by Crippen LogP contribution is 2.38. The second-order valence-corrected chi connectivity index (χ2v) is 7.86. The van der Waals surface area contributed by atoms with Gasteiger partial charge in [0.1, 0.15) is 0 Å². The summed E-state index contributed by atoms with van der Waals surface area (Å²) in [6.45, 7) is 0. The van der Waals surface area contributed by atoms with E-state index >= 15 is 0 Å². The maximum Gasteiger partial charge on any atom is 0.244 e. The van der Waals surface area contributed by atoms with E-state index in [0.29, 0.717) is 6.42 Å². The van der Waals surface area contributed by atoms with Crippen LogP contribution in [-0.2, 0) is 9.59 Å². The maximum atomic E-state index is 12.1. The Kier molecular flexibility index (Phi) is 6.52. The van der Waals surface area contributed by atoms with Crippen LogP contribution in [0.3, 0.4) is 0 Å². The molecule has 3 rings (SSSR count). The number of carbonyl (C=O) groups excluding carboxylic acids is 2. The number of benzene rings is 2. The van der Waals surface area contributed by atoms with Crippen LogP contribution >= 0.6 is 31.9 Å². The molecule has 8 heteroatoms. The lowest BCUT2D eigenvalue weighted by Crippen LogP contribution is -2.25. The number of nitrogens with zero attached hydrogens (tertiary/aromatic N) is 2. The Labute approximate surface area is 173 Å². The Morgan fingerprint density at radius 1 is 0.852 bits per heavy atom. The summed E-state index contributed by atoms with van der Waals surface area (Å²) in [6, 6.07) is 15.1. The van der Waals surface area contributed by atoms with Crippen LogP contribution in [0, 0.1) is 11.8 Å². The van der Waals surface area contributed by atoms with E-state index in [0.717, 1.165) is 20.1 Å². The first kappa shape index (κ1) is 19.4. The molecule has 2 aromatic rings. The van der Waals surface area contributed by atoms with Crippen LogP contribution in [0.2, 0.25) is 0 Å². The molecule has 138 valence electrons. The molecule has 0 aromatic heterocycles. The highest BCUT2D eigenvalue weighted by atomic mass is 79.9. The van der Waals surface area contributed by atoms with Crippen LogP contribution in [0.15, 0.2) is 67.7 Å². The molecule has 1 aliphatic carbocycles. The molecule has 2 amide bonds. The summed E-state index contributed by atoms with van der Waals surface area (Å²) in [5.74, 6) is -1.27. The molecule has 2 aromatic carbocycles. The molecule has 0 saturated heterocycles. The van der Waals surface area contributed by atoms with Crippen LogP contribution in [0.5, 0.6) is 0 Å². The van der Waals surface area contributed by atoms with Gasteiger partial charge < -0.3 is 0 Å². The molecular formula is C19H16Br2N4O2. The maximum absolute atomic E-state index is 12.1. The van der Waals surface area contributed by atoms with Crippen molar-refractivity contribution in [3.05, 3.63) is 68.6 Å². The lowest BCUT2D eigenvalue weighted by Gasteiger charge is -2.00. The van der Waals surface area contributed by atoms with Crippen molar-refractivity contribution in [2.45, 2.75) is 6.42 Å². The molecule has 0 aliphatic heterocycles. The number of halogens is 2. The Morgan fingerprint density at radius 3 is 1.70 bits per heavy atom. The van der Waals surface area contributed by atoms with Gasteiger partial charge in [0, 0.05) is 8.95 Å². The van der Waals surface area contributed by atoms with Crippen LogP contribution < -0.4 is 10.9 Å². The summed E-state index contributed by atoms with van der Waals surface area (Å²) >= 11 is 6.74. The number of amides is 2. The quantitative estimate of drug-likeness (QED) is 0.479. The zero-order valence-corrected chi connectivity index (χ0v) is 17.3. The van der Waals surface area contributed by atoms with E-state index in [1.54, 1.807) is 12.4 Å². The van der Waals surface area contributed by atoms with Crippen molar-refractivity contribution in [2.75, 3.05) is 0 Å². The molecule has 2 atom stereocenters. The highest BCUT2D eigenvalue weighted by molar-refractivity contribution is 9.10. The van der Waals surface area contributed by atoms with Gasteiger partial charge in [-0.25, -0.2) is 10.9 Å². The van der Waals surface area contributed by atoms with Gasteiger partial charge in [0.25, 0.3) is 0 Å². The van der Waals surface area contributed by atoms with Gasteiger partial charge in [-0.2, -0.15) is 10.2 Å². The third-order valence-electron chi connectivity index (χ3n) is 3.94. The Hall–Kier alpha value is -2.32. The van der Waals surface area contributed by atoms with Crippen molar-refractivity contribution >= 4 is 56.1 Å². The lowest BCUT2D eigenvalue weighted by atomic mass is 10.2. The molecule has 0 heterocycles. The smallest absolute Gasteiger partial charge is 0.244 e. The highest BCUT2D eigenvalue weighted by Gasteiger charge is 2.48. The normalized spacial score (nSPS) is 18.6. The summed E-state index contributed by atoms with van der Waals surface area (Å²) < 4.78 is 1.86. The number of hydrogen-bond acceptors (Lipinski definition) is 4. The van der Waals surface area contributed by atoms with Crippen molar-refractivity contribution < 1.29 is 9.59 Å². The lowest BCUT2D eigenvalue weighted by molar-refractivity contribution is -0.127. The molecule has 0 unspecified atom stereocenters. The molecule has 1 aliphatic rings. The fraction of sp³-hybridized carbons (Fsp3) is 0.158. The van der Waals surface area contributed by atoms with E-state index in [9.17, 15) is 9.59 Å². The first-order valence-electron chi connectivity index (χ1n) is 8.20. The van der Waals surface area contributed by atoms with Crippen LogP contribution in [0.25, 0.3) is 0 Å². The second-order valence-electron chi connectivity index (χ2n) is 6.03. The molecule has 0 radical (unpaired) electrons. The summed E-state index contributed by atoms with van der Waals surface area (Å²) in [6.07, 6.45) is 3.61. The van der Waals surface area contributed by atoms with Crippen molar-refractivity contribution in [1.29, 1.82) is 0 Å². The molecule has 0 bridgehead atoms. The van der Waals surface area contributed by atoms with Gasteiger partial charge in [0.05, 0.1) is 24.3 Å². The molecule has 1 fully saturated rings. The van der Waals surface area contributed by atoms with Crippen molar-refractivity contribution in [2.24, 2.45) is 22.0 Å². The van der Waals surface area contributed by atoms with E-state index in [4.69, 9.17) is 0 Å². The summed E-state index contributed by atoms with van der Waals surface area (Å²) in [4.78, 5) is 24.1. The fourth-order valence-corrected chi connectivity index (χ4v) is 3.29. The van der Waals surface area contributed by atoms with Crippen LogP contribution in [0.1, 0.15) is 17.5 Å². The zero-order valence-electron chi connectivity index (χ0n) is 14.1. The van der Waals surface area contributed by atoms with Gasteiger partial charge in [-0.05, 0) is 41.8 Å². The minimum absolute atomic E-state index is 0.266. The first-order chi connectivity index (χ1) is 13.0. The van der Waals surface area contributed by atoms with Gasteiger partial charge in [-0.3, -0.25) is 9.59 Å². The van der Waals surface area contributed by atoms with E-state index < -0.39 is 0 Å². The third-order valence-corrected chi connectivity index (χ3v) is 4.92. The minimum Gasteiger partial charge on any atom is -0.273 e. The molecule has 6 nitrogen and oxygen atoms in total. The average Bonchev–Trinajstić information content (AvgIpc) is 3.43. The van der Waals surface area contributed by atoms with Crippen molar-refractivity contribution in [3.8, 4) is 0 Å². The molecule has 2 N–H and O–H groups in total. The summed E-state index contributed by atoms with van der Waals surface area (Å²) in [5.41, 5.74) is 6.67. The van der Waals surface area contributed by atoms with Crippen LogP contribution in [0.4, 0.5) is 0 Å². The SMILES string of the molecule is O=C(NN=Cc1cccc(Br)c1)[C@H]1C[C@@H]1C(=O)NN=Cc1cccc(Br)c1. The number of hydrogen-bond donors (Lipinski definition) is 2. The van der Waals surface area contributed by atoms with Gasteiger partial charge in [0.15, 0.2) is 0 Å². The van der Waals surface area contributed by atoms with Crippen molar-refractivity contribution in [3.63, 3.8) is 0 Å².